The van der Waals surface area contributed by atoms with E-state index >= 15 is 0 Å². The fraction of sp³-hybridized carbons (Fsp3) is 0.500. The lowest BCUT2D eigenvalue weighted by atomic mass is 11.0. The molecule has 0 saturated heterocycles. The summed E-state index contributed by atoms with van der Waals surface area (Å²) in [5, 5.41) is 1.88. The van der Waals surface area contributed by atoms with Crippen LogP contribution < -0.4 is 5.73 Å². The Balaban J connectivity index is 2.66. The summed E-state index contributed by atoms with van der Waals surface area (Å²) in [4.78, 5) is 0. The van der Waals surface area contributed by atoms with E-state index in [0.29, 0.717) is 0 Å². The average Bonchev–Trinajstić information content (AvgIpc) is 1.61. The highest BCUT2D eigenvalue weighted by atomic mass is 32.2. The summed E-state index contributed by atoms with van der Waals surface area (Å²) >= 11 is 1.70. The lowest BCUT2D eigenvalue weighted by Crippen LogP contribution is -1.72. The molecule has 0 saturated carbocycles. The molecule has 2 N–H and O–H groups in total. The SMILES string of the molecule is CCS/C=C/N. The van der Waals surface area contributed by atoms with Crippen LogP contribution in [0.2, 0.25) is 0 Å². The van der Waals surface area contributed by atoms with E-state index < -0.39 is 0 Å². The molecule has 0 radical (unpaired) electrons. The van der Waals surface area contributed by atoms with Gasteiger partial charge in [-0.15, -0.1) is 11.8 Å². The Morgan fingerprint density at radius 2 is 2.50 bits per heavy atom. The Labute approximate surface area is 42.6 Å². The smallest absolute Gasteiger partial charge is 0.000182 e. The van der Waals surface area contributed by atoms with E-state index in [-0.39, 0.29) is 0 Å². The van der Waals surface area contributed by atoms with Crippen molar-refractivity contribution in [1.29, 1.82) is 0 Å². The predicted octanol–water partition coefficient (Wildman–Crippen LogP) is 1.17. The second-order valence-electron chi connectivity index (χ2n) is 0.784. The minimum Gasteiger partial charge on any atom is -0.404 e. The van der Waals surface area contributed by atoms with E-state index in [9.17, 15) is 0 Å². The third-order valence-electron chi connectivity index (χ3n) is 0.341. The molecule has 0 spiro atoms. The van der Waals surface area contributed by atoms with Gasteiger partial charge in [-0.3, -0.25) is 0 Å². The summed E-state index contributed by atoms with van der Waals surface area (Å²) in [6, 6.07) is 0. The number of hydrogen-bond acceptors (Lipinski definition) is 2. The average molecular weight is 103 g/mol. The first kappa shape index (κ1) is 5.89. The number of hydrogen-bond donors (Lipinski definition) is 1. The Kier molecular flexibility index (Phi) is 4.80. The molecule has 0 aromatic carbocycles. The van der Waals surface area contributed by atoms with E-state index in [0.717, 1.165) is 5.75 Å². The molecule has 0 aliphatic rings. The van der Waals surface area contributed by atoms with Gasteiger partial charge >= 0.3 is 0 Å². The molecule has 0 amide bonds. The standard InChI is InChI=1S/C4H9NS/c1-2-6-4-3-5/h3-4H,2,5H2,1H3/b4-3+. The minimum atomic E-state index is 1.10. The van der Waals surface area contributed by atoms with Crippen LogP contribution >= 0.6 is 11.8 Å². The molecule has 0 unspecified atom stereocenters. The predicted molar refractivity (Wildman–Crippen MR) is 31.5 cm³/mol. The molecule has 0 fully saturated rings. The van der Waals surface area contributed by atoms with Gasteiger partial charge in [0.25, 0.3) is 0 Å². The van der Waals surface area contributed by atoms with Crippen molar-refractivity contribution < 1.29 is 0 Å². The van der Waals surface area contributed by atoms with Gasteiger partial charge < -0.3 is 5.73 Å². The number of thioether (sulfide) groups is 1. The summed E-state index contributed by atoms with van der Waals surface area (Å²) < 4.78 is 0. The molecule has 1 nitrogen and oxygen atoms in total. The van der Waals surface area contributed by atoms with Crippen LogP contribution in [0.4, 0.5) is 0 Å². The van der Waals surface area contributed by atoms with Gasteiger partial charge in [0.05, 0.1) is 0 Å². The van der Waals surface area contributed by atoms with Gasteiger partial charge in [0.2, 0.25) is 0 Å². The van der Waals surface area contributed by atoms with Gasteiger partial charge in [-0.25, -0.2) is 0 Å². The summed E-state index contributed by atoms with van der Waals surface area (Å²) in [6.07, 6.45) is 1.55. The molecule has 0 rings (SSSR count). The van der Waals surface area contributed by atoms with Gasteiger partial charge in [0, 0.05) is 6.20 Å². The topological polar surface area (TPSA) is 26.0 Å². The fourth-order valence-corrected chi connectivity index (χ4v) is 0.455. The van der Waals surface area contributed by atoms with Gasteiger partial charge in [0.15, 0.2) is 0 Å². The van der Waals surface area contributed by atoms with Crippen molar-refractivity contribution in [1.82, 2.24) is 0 Å². The van der Waals surface area contributed by atoms with Crippen LogP contribution in [0.5, 0.6) is 0 Å². The molecule has 0 aromatic heterocycles. The maximum atomic E-state index is 5.01. The normalized spacial score (nSPS) is 10.2. The third kappa shape index (κ3) is 3.89. The Hall–Kier alpha value is -0.110. The van der Waals surface area contributed by atoms with Crippen molar-refractivity contribution in [3.8, 4) is 0 Å². The monoisotopic (exact) mass is 103 g/mol. The van der Waals surface area contributed by atoms with Crippen molar-refractivity contribution >= 4 is 11.8 Å². The van der Waals surface area contributed by atoms with Crippen LogP contribution in [0.15, 0.2) is 11.6 Å². The molecule has 0 aromatic rings. The van der Waals surface area contributed by atoms with Crippen LogP contribution in [0.1, 0.15) is 6.92 Å². The van der Waals surface area contributed by atoms with Crippen LogP contribution in [0.25, 0.3) is 0 Å². The second-order valence-corrected chi connectivity index (χ2v) is 1.97. The lowest BCUT2D eigenvalue weighted by molar-refractivity contribution is 1.53. The van der Waals surface area contributed by atoms with Crippen LogP contribution in [0.3, 0.4) is 0 Å². The van der Waals surface area contributed by atoms with Crippen molar-refractivity contribution in [2.45, 2.75) is 6.92 Å². The highest BCUT2D eigenvalue weighted by Gasteiger charge is 1.64. The summed E-state index contributed by atoms with van der Waals surface area (Å²) in [5.41, 5.74) is 5.01. The Morgan fingerprint density at radius 1 is 1.83 bits per heavy atom. The molecule has 6 heavy (non-hydrogen) atoms. The zero-order chi connectivity index (χ0) is 4.83. The zero-order valence-corrected chi connectivity index (χ0v) is 4.66. The molecule has 0 aliphatic heterocycles. The molecule has 36 valence electrons. The van der Waals surface area contributed by atoms with Crippen molar-refractivity contribution in [2.24, 2.45) is 5.73 Å². The van der Waals surface area contributed by atoms with E-state index in [1.54, 1.807) is 18.0 Å². The summed E-state index contributed by atoms with van der Waals surface area (Å²) in [5.74, 6) is 1.10. The van der Waals surface area contributed by atoms with Gasteiger partial charge in [0.1, 0.15) is 0 Å². The van der Waals surface area contributed by atoms with Crippen molar-refractivity contribution in [2.75, 3.05) is 5.75 Å². The Morgan fingerprint density at radius 3 is 2.67 bits per heavy atom. The molecular weight excluding hydrogens is 94.1 g/mol. The highest BCUT2D eigenvalue weighted by molar-refractivity contribution is 8.02. The van der Waals surface area contributed by atoms with Gasteiger partial charge in [-0.1, -0.05) is 6.92 Å². The van der Waals surface area contributed by atoms with E-state index in [1.165, 1.54) is 0 Å². The number of nitrogens with two attached hydrogens (primary N) is 1. The number of rotatable bonds is 2. The quantitative estimate of drug-likeness (QED) is 0.567. The van der Waals surface area contributed by atoms with Crippen LogP contribution in [-0.4, -0.2) is 5.75 Å². The van der Waals surface area contributed by atoms with E-state index in [1.807, 2.05) is 5.41 Å². The minimum absolute atomic E-state index is 1.10. The maximum absolute atomic E-state index is 5.01. The van der Waals surface area contributed by atoms with Crippen molar-refractivity contribution in [3.63, 3.8) is 0 Å². The first-order valence-electron chi connectivity index (χ1n) is 1.90. The summed E-state index contributed by atoms with van der Waals surface area (Å²) in [7, 11) is 0. The summed E-state index contributed by atoms with van der Waals surface area (Å²) in [6.45, 7) is 2.09. The van der Waals surface area contributed by atoms with E-state index in [2.05, 4.69) is 6.92 Å². The molecule has 0 heterocycles. The molecule has 0 aliphatic carbocycles. The Bertz CT molecular complexity index is 42.8. The van der Waals surface area contributed by atoms with Crippen LogP contribution in [0, 0.1) is 0 Å². The molecule has 2 heteroatoms. The van der Waals surface area contributed by atoms with Crippen LogP contribution in [-0.2, 0) is 0 Å². The highest BCUT2D eigenvalue weighted by Crippen LogP contribution is 1.96. The molecule has 0 bridgehead atoms. The third-order valence-corrected chi connectivity index (χ3v) is 1.02. The first-order chi connectivity index (χ1) is 2.91. The zero-order valence-electron chi connectivity index (χ0n) is 3.85. The largest absolute Gasteiger partial charge is 0.404 e. The lowest BCUT2D eigenvalue weighted by Gasteiger charge is -1.77. The second kappa shape index (κ2) is 4.89. The molecule has 0 atom stereocenters. The van der Waals surface area contributed by atoms with Crippen molar-refractivity contribution in [3.05, 3.63) is 11.6 Å². The first-order valence-corrected chi connectivity index (χ1v) is 2.95. The maximum Gasteiger partial charge on any atom is 0.000182 e. The van der Waals surface area contributed by atoms with Gasteiger partial charge in [-0.05, 0) is 11.2 Å². The van der Waals surface area contributed by atoms with E-state index in [4.69, 9.17) is 5.73 Å². The van der Waals surface area contributed by atoms with Gasteiger partial charge in [-0.2, -0.15) is 0 Å². The molecular formula is C4H9NS. The fourth-order valence-electron chi connectivity index (χ4n) is 0.152.